The third-order valence-corrected chi connectivity index (χ3v) is 3.61. The van der Waals surface area contributed by atoms with E-state index in [-0.39, 0.29) is 16.8 Å². The van der Waals surface area contributed by atoms with Gasteiger partial charge in [0.25, 0.3) is 0 Å². The van der Waals surface area contributed by atoms with E-state index in [1.54, 1.807) is 6.07 Å². The summed E-state index contributed by atoms with van der Waals surface area (Å²) in [5, 5.41) is 11.9. The van der Waals surface area contributed by atoms with Crippen molar-refractivity contribution >= 4 is 5.97 Å². The zero-order valence-electron chi connectivity index (χ0n) is 12.7. The molecule has 1 N–H and O–H groups in total. The lowest BCUT2D eigenvalue weighted by Crippen LogP contribution is -2.27. The van der Waals surface area contributed by atoms with Crippen molar-refractivity contribution in [2.45, 2.75) is 19.0 Å². The lowest BCUT2D eigenvalue weighted by Gasteiger charge is -2.27. The normalized spacial score (nSPS) is 17.7. The number of ether oxygens (including phenoxy) is 1. The number of methoxy groups -OCH3 is 1. The van der Waals surface area contributed by atoms with E-state index in [0.29, 0.717) is 6.07 Å². The molecule has 24 heavy (non-hydrogen) atoms. The van der Waals surface area contributed by atoms with Crippen LogP contribution in [0.2, 0.25) is 0 Å². The van der Waals surface area contributed by atoms with E-state index in [1.807, 2.05) is 0 Å². The van der Waals surface area contributed by atoms with Crippen LogP contribution in [0.25, 0.3) is 0 Å². The molecule has 8 heteroatoms. The topological polar surface area (TPSA) is 62.1 Å². The number of halogens is 4. The SMILES string of the molecule is COC(=O)C1=C(C)NC=C(C#N)C1c1ccc(F)cc1C(F)(F)F. The highest BCUT2D eigenvalue weighted by molar-refractivity contribution is 5.92. The monoisotopic (exact) mass is 340 g/mol. The van der Waals surface area contributed by atoms with Crippen LogP contribution in [0.3, 0.4) is 0 Å². The summed E-state index contributed by atoms with van der Waals surface area (Å²) in [6.45, 7) is 1.47. The maximum absolute atomic E-state index is 13.3. The number of dihydropyridines is 1. The van der Waals surface area contributed by atoms with Crippen LogP contribution in [-0.2, 0) is 15.7 Å². The van der Waals surface area contributed by atoms with Crippen molar-refractivity contribution < 1.29 is 27.1 Å². The highest BCUT2D eigenvalue weighted by Crippen LogP contribution is 2.42. The summed E-state index contributed by atoms with van der Waals surface area (Å²) >= 11 is 0. The molecule has 0 fully saturated rings. The van der Waals surface area contributed by atoms with Crippen molar-refractivity contribution in [3.8, 4) is 6.07 Å². The number of nitriles is 1. The van der Waals surface area contributed by atoms with Gasteiger partial charge < -0.3 is 10.1 Å². The van der Waals surface area contributed by atoms with Crippen molar-refractivity contribution in [2.24, 2.45) is 0 Å². The summed E-state index contributed by atoms with van der Waals surface area (Å²) in [7, 11) is 1.08. The van der Waals surface area contributed by atoms with Crippen molar-refractivity contribution in [2.75, 3.05) is 7.11 Å². The summed E-state index contributed by atoms with van der Waals surface area (Å²) in [6, 6.07) is 3.89. The summed E-state index contributed by atoms with van der Waals surface area (Å²) in [5.41, 5.74) is -1.63. The largest absolute Gasteiger partial charge is 0.466 e. The predicted molar refractivity (Wildman–Crippen MR) is 75.7 cm³/mol. The second-order valence-corrected chi connectivity index (χ2v) is 5.05. The Labute approximate surface area is 135 Å². The van der Waals surface area contributed by atoms with Crippen molar-refractivity contribution in [3.63, 3.8) is 0 Å². The van der Waals surface area contributed by atoms with Gasteiger partial charge in [0.05, 0.1) is 35.8 Å². The number of carbonyl (C=O) groups excluding carboxylic acids is 1. The fourth-order valence-electron chi connectivity index (χ4n) is 2.55. The first-order valence-electron chi connectivity index (χ1n) is 6.73. The van der Waals surface area contributed by atoms with E-state index in [1.165, 1.54) is 13.1 Å². The van der Waals surface area contributed by atoms with Gasteiger partial charge in [-0.15, -0.1) is 0 Å². The predicted octanol–water partition coefficient (Wildman–Crippen LogP) is 3.39. The van der Waals surface area contributed by atoms with Gasteiger partial charge in [-0.3, -0.25) is 0 Å². The summed E-state index contributed by atoms with van der Waals surface area (Å²) < 4.78 is 57.9. The number of rotatable bonds is 2. The van der Waals surface area contributed by atoms with Crippen LogP contribution < -0.4 is 5.32 Å². The molecule has 0 radical (unpaired) electrons. The molecule has 1 aliphatic rings. The number of alkyl halides is 3. The number of benzene rings is 1. The zero-order valence-corrected chi connectivity index (χ0v) is 12.7. The second kappa shape index (κ2) is 6.35. The molecule has 0 aromatic heterocycles. The van der Waals surface area contributed by atoms with Crippen molar-refractivity contribution in [1.29, 1.82) is 5.26 Å². The van der Waals surface area contributed by atoms with Crippen LogP contribution in [-0.4, -0.2) is 13.1 Å². The molecule has 0 spiro atoms. The van der Waals surface area contributed by atoms with E-state index in [2.05, 4.69) is 10.1 Å². The number of nitrogens with one attached hydrogen (secondary N) is 1. The fraction of sp³-hybridized carbons (Fsp3) is 0.250. The zero-order chi connectivity index (χ0) is 18.1. The number of nitrogens with zero attached hydrogens (tertiary/aromatic N) is 1. The average Bonchev–Trinajstić information content (AvgIpc) is 2.53. The summed E-state index contributed by atoms with van der Waals surface area (Å²) in [4.78, 5) is 12.0. The molecule has 126 valence electrons. The third-order valence-electron chi connectivity index (χ3n) is 3.61. The first-order valence-corrected chi connectivity index (χ1v) is 6.73. The minimum atomic E-state index is -4.85. The molecule has 2 rings (SSSR count). The van der Waals surface area contributed by atoms with E-state index in [0.717, 1.165) is 19.2 Å². The Kier molecular flexibility index (Phi) is 4.64. The Morgan fingerprint density at radius 1 is 1.38 bits per heavy atom. The smallest absolute Gasteiger partial charge is 0.416 e. The minimum Gasteiger partial charge on any atom is -0.466 e. The molecule has 0 aliphatic carbocycles. The summed E-state index contributed by atoms with van der Waals surface area (Å²) in [6.07, 6.45) is -3.63. The van der Waals surface area contributed by atoms with E-state index < -0.39 is 35.0 Å². The van der Waals surface area contributed by atoms with Crippen LogP contribution in [0.1, 0.15) is 24.0 Å². The quantitative estimate of drug-likeness (QED) is 0.662. The van der Waals surface area contributed by atoms with Gasteiger partial charge in [0.15, 0.2) is 0 Å². The Bertz CT molecular complexity index is 788. The first kappa shape index (κ1) is 17.5. The van der Waals surface area contributed by atoms with Crippen LogP contribution in [0, 0.1) is 17.1 Å². The van der Waals surface area contributed by atoms with Gasteiger partial charge in [-0.05, 0) is 24.6 Å². The average molecular weight is 340 g/mol. The van der Waals surface area contributed by atoms with Crippen LogP contribution >= 0.6 is 0 Å². The molecule has 1 heterocycles. The molecule has 1 aromatic carbocycles. The molecule has 4 nitrogen and oxygen atoms in total. The van der Waals surface area contributed by atoms with Crippen LogP contribution in [0.4, 0.5) is 17.6 Å². The maximum atomic E-state index is 13.3. The second-order valence-electron chi connectivity index (χ2n) is 5.05. The molecule has 0 saturated heterocycles. The van der Waals surface area contributed by atoms with Gasteiger partial charge in [0.1, 0.15) is 5.82 Å². The van der Waals surface area contributed by atoms with E-state index >= 15 is 0 Å². The Morgan fingerprint density at radius 2 is 2.04 bits per heavy atom. The van der Waals surface area contributed by atoms with Gasteiger partial charge in [-0.2, -0.15) is 18.4 Å². The van der Waals surface area contributed by atoms with Crippen molar-refractivity contribution in [3.05, 3.63) is 58.2 Å². The highest BCUT2D eigenvalue weighted by Gasteiger charge is 2.40. The number of allylic oxidation sites excluding steroid dienone is 2. The lowest BCUT2D eigenvalue weighted by atomic mass is 9.80. The highest BCUT2D eigenvalue weighted by atomic mass is 19.4. The van der Waals surface area contributed by atoms with Gasteiger partial charge in [0.2, 0.25) is 0 Å². The number of hydrogen-bond acceptors (Lipinski definition) is 4. The molecule has 0 saturated carbocycles. The van der Waals surface area contributed by atoms with E-state index in [4.69, 9.17) is 0 Å². The van der Waals surface area contributed by atoms with Crippen LogP contribution in [0.15, 0.2) is 41.2 Å². The molecule has 0 bridgehead atoms. The van der Waals surface area contributed by atoms with E-state index in [9.17, 15) is 27.6 Å². The molecule has 1 unspecified atom stereocenters. The molecular weight excluding hydrogens is 328 g/mol. The first-order chi connectivity index (χ1) is 11.2. The number of hydrogen-bond donors (Lipinski definition) is 1. The molecule has 1 aliphatic heterocycles. The number of carbonyl (C=O) groups is 1. The third kappa shape index (κ3) is 3.11. The van der Waals surface area contributed by atoms with Crippen LogP contribution in [0.5, 0.6) is 0 Å². The minimum absolute atomic E-state index is 0.113. The van der Waals surface area contributed by atoms with Gasteiger partial charge in [-0.25, -0.2) is 9.18 Å². The van der Waals surface area contributed by atoms with Gasteiger partial charge in [0, 0.05) is 11.9 Å². The maximum Gasteiger partial charge on any atom is 0.416 e. The lowest BCUT2D eigenvalue weighted by molar-refractivity contribution is -0.139. The van der Waals surface area contributed by atoms with Crippen molar-refractivity contribution in [1.82, 2.24) is 5.32 Å². The molecular formula is C16H12F4N2O2. The molecule has 0 amide bonds. The Morgan fingerprint density at radius 3 is 2.58 bits per heavy atom. The number of esters is 1. The summed E-state index contributed by atoms with van der Waals surface area (Å²) in [5.74, 6) is -3.24. The Balaban J connectivity index is 2.75. The van der Waals surface area contributed by atoms with Gasteiger partial charge >= 0.3 is 12.1 Å². The fourth-order valence-corrected chi connectivity index (χ4v) is 2.55. The standard InChI is InChI=1S/C16H12F4N2O2/c1-8-13(15(23)24-2)14(9(6-21)7-22-8)11-4-3-10(17)5-12(11)16(18,19)20/h3-5,7,14,22H,1-2H3. The Hall–Kier alpha value is -2.82. The van der Waals surface area contributed by atoms with Gasteiger partial charge in [-0.1, -0.05) is 6.07 Å². The molecule has 1 atom stereocenters. The molecule has 1 aromatic rings.